The molecule has 0 aliphatic heterocycles. The Hall–Kier alpha value is -2.22. The molecule has 0 aromatic heterocycles. The molecule has 0 saturated heterocycles. The summed E-state index contributed by atoms with van der Waals surface area (Å²) in [6, 6.07) is 33.7. The van der Waals surface area contributed by atoms with Gasteiger partial charge in [0.05, 0.1) is 0 Å². The van der Waals surface area contributed by atoms with E-state index >= 15 is 0 Å². The van der Waals surface area contributed by atoms with Gasteiger partial charge in [0.15, 0.2) is 0 Å². The standard InChI is InChI=1S/2C29H39.C2H6Si.2ClH.Zr/c2*1-10-20(6)24-13-21-11-12-27(29(7,8)9)28(26(21)17-24)25-15-22(18(2)3)14-23(16-25)19(4)5;1-3-2;;;/h2*11-20H,10H2,1-9H3;1-2H3;2*1H;/q2*-1;;;;+4/p-2. The molecule has 0 nitrogen and oxygen atoms in total. The van der Waals surface area contributed by atoms with E-state index in [4.69, 9.17) is 17.0 Å². The molecule has 0 N–H and O–H groups in total. The first-order chi connectivity index (χ1) is 29.9. The van der Waals surface area contributed by atoms with Crippen molar-refractivity contribution >= 4 is 48.1 Å². The molecule has 346 valence electrons. The Balaban J connectivity index is 0.000000303. The van der Waals surface area contributed by atoms with Crippen molar-refractivity contribution in [1.82, 2.24) is 0 Å². The van der Waals surface area contributed by atoms with Crippen molar-refractivity contribution < 1.29 is 20.8 Å². The molecule has 0 aliphatic rings. The summed E-state index contributed by atoms with van der Waals surface area (Å²) in [4.78, 5) is 0. The van der Waals surface area contributed by atoms with E-state index in [0.29, 0.717) is 35.5 Å². The van der Waals surface area contributed by atoms with Crippen LogP contribution in [0.3, 0.4) is 0 Å². The van der Waals surface area contributed by atoms with Gasteiger partial charge in [0.2, 0.25) is 0 Å². The van der Waals surface area contributed by atoms with Crippen molar-refractivity contribution in [2.75, 3.05) is 0 Å². The molecule has 0 fully saturated rings. The summed E-state index contributed by atoms with van der Waals surface area (Å²) < 4.78 is 0. The number of hydrogen-bond donors (Lipinski definition) is 0. The summed E-state index contributed by atoms with van der Waals surface area (Å²) >= 11 is -0.826. The number of fused-ring (bicyclic) bond motifs is 2. The van der Waals surface area contributed by atoms with Crippen LogP contribution in [-0.2, 0) is 31.7 Å². The molecule has 2 atom stereocenters. The summed E-state index contributed by atoms with van der Waals surface area (Å²) in [5, 5.41) is 5.60. The van der Waals surface area contributed by atoms with Crippen LogP contribution in [0, 0.1) is 0 Å². The van der Waals surface area contributed by atoms with Crippen LogP contribution in [0.15, 0.2) is 84.9 Å². The maximum atomic E-state index is 4.93. The maximum absolute atomic E-state index is 4.93. The Morgan fingerprint density at radius 3 is 0.969 bits per heavy atom. The molecule has 0 saturated carbocycles. The molecule has 0 amide bonds. The van der Waals surface area contributed by atoms with E-state index in [-0.39, 0.29) is 10.8 Å². The van der Waals surface area contributed by atoms with Crippen molar-refractivity contribution in [3.05, 3.63) is 129 Å². The predicted octanol–water partition coefficient (Wildman–Crippen LogP) is 20.7. The fourth-order valence-corrected chi connectivity index (χ4v) is 8.50. The van der Waals surface area contributed by atoms with Crippen LogP contribution < -0.4 is 0 Å². The van der Waals surface area contributed by atoms with Crippen molar-refractivity contribution in [1.29, 1.82) is 0 Å². The van der Waals surface area contributed by atoms with Gasteiger partial charge >= 0.3 is 37.9 Å². The molecule has 6 aromatic rings. The van der Waals surface area contributed by atoms with Crippen molar-refractivity contribution in [2.24, 2.45) is 0 Å². The van der Waals surface area contributed by atoms with Crippen LogP contribution in [-0.4, -0.2) is 9.52 Å². The molecule has 6 rings (SSSR count). The Bertz CT molecular complexity index is 2150. The molecule has 2 radical (unpaired) electrons. The van der Waals surface area contributed by atoms with Crippen LogP contribution in [0.5, 0.6) is 0 Å². The van der Waals surface area contributed by atoms with Crippen LogP contribution in [0.1, 0.15) is 217 Å². The van der Waals surface area contributed by atoms with E-state index in [1.54, 1.807) is 0 Å². The fraction of sp³-hybridized carbons (Fsp3) is 0.500. The molecule has 4 heteroatoms. The van der Waals surface area contributed by atoms with E-state index < -0.39 is 20.8 Å². The molecule has 0 spiro atoms. The van der Waals surface area contributed by atoms with E-state index in [9.17, 15) is 0 Å². The summed E-state index contributed by atoms with van der Waals surface area (Å²) in [6.45, 7) is 46.0. The fourth-order valence-electron chi connectivity index (χ4n) is 8.50. The quantitative estimate of drug-likeness (QED) is 0.0948. The Kier molecular flexibility index (Phi) is 21.7. The minimum atomic E-state index is -0.826. The third-order valence-corrected chi connectivity index (χ3v) is 13.0. The van der Waals surface area contributed by atoms with E-state index in [0.717, 1.165) is 9.52 Å². The SMILES string of the molecule is CCC(C)c1cc2c(-c3cc(C(C)C)cc(C(C)C)c3)c(C(C)(C)C)ccc2[cH-]1.CCC(C)c1cc2c(-c3cc(C(C)C)cc(C(C)C)c3)c(C(C)(C)C)ccc2[cH-]1.C[Si]C.[Cl][Zr+2][Cl]. The van der Waals surface area contributed by atoms with Crippen LogP contribution in [0.2, 0.25) is 13.1 Å². The van der Waals surface area contributed by atoms with E-state index in [1.165, 1.54) is 101 Å². The summed E-state index contributed by atoms with van der Waals surface area (Å²) in [7, 11) is 11.0. The summed E-state index contributed by atoms with van der Waals surface area (Å²) in [5.74, 6) is 3.31. The minimum absolute atomic E-state index is 0.100. The third-order valence-electron chi connectivity index (χ3n) is 13.0. The zero-order chi connectivity index (χ0) is 48.4. The summed E-state index contributed by atoms with van der Waals surface area (Å²) in [6.07, 6.45) is 2.36. The molecular formula is C60H84Cl2SiZr. The number of benzene rings is 4. The average Bonchev–Trinajstić information content (AvgIpc) is 3.87. The monoisotopic (exact) mass is 992 g/mol. The Morgan fingerprint density at radius 1 is 0.484 bits per heavy atom. The number of rotatable bonds is 10. The van der Waals surface area contributed by atoms with Gasteiger partial charge in [-0.05, 0) is 79.7 Å². The Morgan fingerprint density at radius 2 is 0.750 bits per heavy atom. The van der Waals surface area contributed by atoms with E-state index in [2.05, 4.69) is 223 Å². The molecule has 0 bridgehead atoms. The van der Waals surface area contributed by atoms with Gasteiger partial charge in [0, 0.05) is 9.52 Å². The van der Waals surface area contributed by atoms with Crippen molar-refractivity contribution in [2.45, 2.75) is 197 Å². The second-order valence-electron chi connectivity index (χ2n) is 21.6. The van der Waals surface area contributed by atoms with Gasteiger partial charge in [-0.2, -0.15) is 12.1 Å². The summed E-state index contributed by atoms with van der Waals surface area (Å²) in [5.41, 5.74) is 17.5. The zero-order valence-electron chi connectivity index (χ0n) is 43.7. The van der Waals surface area contributed by atoms with Gasteiger partial charge in [0.1, 0.15) is 0 Å². The third kappa shape index (κ3) is 14.4. The molecule has 2 unspecified atom stereocenters. The molecule has 0 heterocycles. The first-order valence-electron chi connectivity index (χ1n) is 24.2. The van der Waals surface area contributed by atoms with Gasteiger partial charge in [-0.25, -0.2) is 0 Å². The zero-order valence-corrected chi connectivity index (χ0v) is 48.7. The number of hydrogen-bond acceptors (Lipinski definition) is 0. The second-order valence-corrected chi connectivity index (χ2v) is 26.4. The van der Waals surface area contributed by atoms with Gasteiger partial charge in [0.25, 0.3) is 0 Å². The molecule has 6 aromatic carbocycles. The van der Waals surface area contributed by atoms with Gasteiger partial charge in [-0.1, -0.05) is 209 Å². The van der Waals surface area contributed by atoms with Crippen LogP contribution in [0.25, 0.3) is 43.8 Å². The first-order valence-corrected chi connectivity index (χ1v) is 32.5. The van der Waals surface area contributed by atoms with Gasteiger partial charge in [-0.15, -0.1) is 69.1 Å². The topological polar surface area (TPSA) is 0 Å². The molecule has 64 heavy (non-hydrogen) atoms. The van der Waals surface area contributed by atoms with Crippen molar-refractivity contribution in [3.63, 3.8) is 0 Å². The Labute approximate surface area is 414 Å². The molecular weight excluding hydrogens is 911 g/mol. The van der Waals surface area contributed by atoms with E-state index in [1.807, 2.05) is 0 Å². The first kappa shape index (κ1) is 56.1. The molecule has 0 aliphatic carbocycles. The average molecular weight is 996 g/mol. The van der Waals surface area contributed by atoms with Crippen LogP contribution in [0.4, 0.5) is 0 Å². The van der Waals surface area contributed by atoms with Gasteiger partial charge < -0.3 is 0 Å². The predicted molar refractivity (Wildman–Crippen MR) is 290 cm³/mol. The van der Waals surface area contributed by atoms with Crippen LogP contribution >= 0.6 is 17.0 Å². The normalized spacial score (nSPS) is 12.8. The number of halogens is 2. The van der Waals surface area contributed by atoms with Crippen molar-refractivity contribution in [3.8, 4) is 22.3 Å². The van der Waals surface area contributed by atoms with Gasteiger partial charge in [-0.3, -0.25) is 0 Å². The second kappa shape index (κ2) is 24.7.